The normalized spacial score (nSPS) is 10.4. The summed E-state index contributed by atoms with van der Waals surface area (Å²) in [4.78, 5) is 28.0. The van der Waals surface area contributed by atoms with E-state index < -0.39 is 35.1 Å². The molecular weight excluding hydrogens is 378 g/mol. The summed E-state index contributed by atoms with van der Waals surface area (Å²) in [6, 6.07) is 7.54. The van der Waals surface area contributed by atoms with Crippen molar-refractivity contribution in [3.8, 4) is 0 Å². The van der Waals surface area contributed by atoms with Crippen LogP contribution in [-0.4, -0.2) is 16.8 Å². The predicted octanol–water partition coefficient (Wildman–Crippen LogP) is 4.14. The fraction of sp³-hybridized carbons (Fsp3) is 0. The Hall–Kier alpha value is -3.75. The number of carbonyl (C=O) groups is 2. The molecule has 0 aliphatic rings. The first kappa shape index (κ1) is 19.0. The Balaban J connectivity index is 1.69. The fourth-order valence-corrected chi connectivity index (χ4v) is 2.31. The topological polar surface area (TPSA) is 71.1 Å². The van der Waals surface area contributed by atoms with Crippen LogP contribution in [0, 0.1) is 23.3 Å². The molecule has 2 N–H and O–H groups in total. The average molecular weight is 389 g/mol. The molecule has 0 fully saturated rings. The molecule has 0 spiro atoms. The van der Waals surface area contributed by atoms with Crippen LogP contribution in [-0.2, 0) is 0 Å². The Kier molecular flexibility index (Phi) is 5.35. The van der Waals surface area contributed by atoms with Crippen LogP contribution in [0.2, 0.25) is 0 Å². The van der Waals surface area contributed by atoms with Gasteiger partial charge in [-0.3, -0.25) is 14.6 Å². The van der Waals surface area contributed by atoms with Crippen LogP contribution in [0.3, 0.4) is 0 Å². The molecule has 3 aromatic rings. The fourth-order valence-electron chi connectivity index (χ4n) is 2.31. The molecule has 0 atom stereocenters. The molecule has 0 aliphatic heterocycles. The van der Waals surface area contributed by atoms with Crippen LogP contribution in [0.15, 0.2) is 54.7 Å². The summed E-state index contributed by atoms with van der Waals surface area (Å²) >= 11 is 0. The number of hydrogen-bond donors (Lipinski definition) is 2. The van der Waals surface area contributed by atoms with E-state index in [0.717, 1.165) is 30.5 Å². The minimum atomic E-state index is -0.857. The van der Waals surface area contributed by atoms with Gasteiger partial charge in [0, 0.05) is 29.7 Å². The largest absolute Gasteiger partial charge is 0.322 e. The Morgan fingerprint density at radius 3 is 1.57 bits per heavy atom. The first-order valence-electron chi connectivity index (χ1n) is 7.81. The maximum atomic E-state index is 13.2. The van der Waals surface area contributed by atoms with Crippen molar-refractivity contribution >= 4 is 23.2 Å². The highest BCUT2D eigenvalue weighted by Gasteiger charge is 2.13. The number of amides is 2. The number of carbonyl (C=O) groups excluding carboxylic acids is 2. The lowest BCUT2D eigenvalue weighted by molar-refractivity contribution is 0.101. The van der Waals surface area contributed by atoms with E-state index in [-0.39, 0.29) is 22.6 Å². The van der Waals surface area contributed by atoms with E-state index in [4.69, 9.17) is 0 Å². The van der Waals surface area contributed by atoms with Gasteiger partial charge in [-0.1, -0.05) is 0 Å². The highest BCUT2D eigenvalue weighted by Crippen LogP contribution is 2.16. The standard InChI is InChI=1S/C19H11F4N3O2/c20-11-3-12(21)6-15(5-11)25-18(27)10-1-2-17(24-9-10)19(28)26-16-7-13(22)4-14(23)8-16/h1-9H,(H,25,27)(H,26,28). The van der Waals surface area contributed by atoms with Gasteiger partial charge >= 0.3 is 0 Å². The van der Waals surface area contributed by atoms with Crippen molar-refractivity contribution in [2.75, 3.05) is 10.6 Å². The molecule has 1 heterocycles. The van der Waals surface area contributed by atoms with Crippen molar-refractivity contribution in [1.29, 1.82) is 0 Å². The van der Waals surface area contributed by atoms with Gasteiger partial charge in [0.25, 0.3) is 11.8 Å². The zero-order valence-electron chi connectivity index (χ0n) is 14.0. The van der Waals surface area contributed by atoms with E-state index in [9.17, 15) is 27.2 Å². The van der Waals surface area contributed by atoms with Crippen LogP contribution in [0.4, 0.5) is 28.9 Å². The molecule has 1 aromatic heterocycles. The molecule has 0 aliphatic carbocycles. The van der Waals surface area contributed by atoms with E-state index in [1.807, 2.05) is 0 Å². The Morgan fingerprint density at radius 1 is 0.679 bits per heavy atom. The average Bonchev–Trinajstić information content (AvgIpc) is 2.60. The van der Waals surface area contributed by atoms with Gasteiger partial charge in [0.05, 0.1) is 5.56 Å². The maximum Gasteiger partial charge on any atom is 0.274 e. The van der Waals surface area contributed by atoms with Gasteiger partial charge in [-0.25, -0.2) is 17.6 Å². The molecule has 2 amide bonds. The van der Waals surface area contributed by atoms with Gasteiger partial charge in [-0.05, 0) is 36.4 Å². The van der Waals surface area contributed by atoms with Gasteiger partial charge in [0.1, 0.15) is 29.0 Å². The Bertz CT molecular complexity index is 931. The lowest BCUT2D eigenvalue weighted by atomic mass is 10.2. The molecule has 0 unspecified atom stereocenters. The molecule has 0 bridgehead atoms. The molecule has 5 nitrogen and oxygen atoms in total. The van der Waals surface area contributed by atoms with Gasteiger partial charge in [0.15, 0.2) is 0 Å². The number of rotatable bonds is 4. The van der Waals surface area contributed by atoms with Crippen molar-refractivity contribution in [2.45, 2.75) is 0 Å². The third-order valence-corrected chi connectivity index (χ3v) is 3.50. The second kappa shape index (κ2) is 7.87. The molecule has 0 radical (unpaired) electrons. The van der Waals surface area contributed by atoms with Gasteiger partial charge in [-0.2, -0.15) is 0 Å². The lowest BCUT2D eigenvalue weighted by Gasteiger charge is -2.07. The third kappa shape index (κ3) is 4.70. The molecule has 9 heteroatoms. The summed E-state index contributed by atoms with van der Waals surface area (Å²) < 4.78 is 52.6. The summed E-state index contributed by atoms with van der Waals surface area (Å²) in [5.41, 5.74) is -0.271. The van der Waals surface area contributed by atoms with Crippen LogP contribution in [0.5, 0.6) is 0 Å². The first-order valence-corrected chi connectivity index (χ1v) is 7.81. The van der Waals surface area contributed by atoms with Crippen LogP contribution in [0.1, 0.15) is 20.8 Å². The van der Waals surface area contributed by atoms with Crippen molar-refractivity contribution in [1.82, 2.24) is 4.98 Å². The number of halogens is 4. The van der Waals surface area contributed by atoms with E-state index in [2.05, 4.69) is 15.6 Å². The Morgan fingerprint density at radius 2 is 1.14 bits per heavy atom. The van der Waals surface area contributed by atoms with E-state index >= 15 is 0 Å². The predicted molar refractivity (Wildman–Crippen MR) is 92.9 cm³/mol. The molecule has 3 rings (SSSR count). The second-order valence-corrected chi connectivity index (χ2v) is 5.66. The van der Waals surface area contributed by atoms with Crippen molar-refractivity contribution in [3.05, 3.63) is 89.3 Å². The van der Waals surface area contributed by atoms with Gasteiger partial charge in [-0.15, -0.1) is 0 Å². The monoisotopic (exact) mass is 389 g/mol. The van der Waals surface area contributed by atoms with Gasteiger partial charge in [0.2, 0.25) is 0 Å². The molecule has 142 valence electrons. The van der Waals surface area contributed by atoms with Crippen molar-refractivity contribution in [3.63, 3.8) is 0 Å². The van der Waals surface area contributed by atoms with Gasteiger partial charge < -0.3 is 10.6 Å². The number of hydrogen-bond acceptors (Lipinski definition) is 3. The number of nitrogens with zero attached hydrogens (tertiary/aromatic N) is 1. The van der Waals surface area contributed by atoms with Crippen molar-refractivity contribution < 1.29 is 27.2 Å². The summed E-state index contributed by atoms with van der Waals surface area (Å²) in [7, 11) is 0. The third-order valence-electron chi connectivity index (χ3n) is 3.50. The molecule has 2 aromatic carbocycles. The lowest BCUT2D eigenvalue weighted by Crippen LogP contribution is -2.16. The minimum absolute atomic E-state index is 0.0259. The van der Waals surface area contributed by atoms with E-state index in [0.29, 0.717) is 12.1 Å². The second-order valence-electron chi connectivity index (χ2n) is 5.66. The molecule has 28 heavy (non-hydrogen) atoms. The highest BCUT2D eigenvalue weighted by atomic mass is 19.1. The highest BCUT2D eigenvalue weighted by molar-refractivity contribution is 6.06. The summed E-state index contributed by atoms with van der Waals surface area (Å²) in [5, 5.41) is 4.57. The van der Waals surface area contributed by atoms with E-state index in [1.165, 1.54) is 12.1 Å². The van der Waals surface area contributed by atoms with Crippen LogP contribution in [0.25, 0.3) is 0 Å². The zero-order valence-corrected chi connectivity index (χ0v) is 14.0. The maximum absolute atomic E-state index is 13.2. The molecule has 0 saturated heterocycles. The SMILES string of the molecule is O=C(Nc1cc(F)cc(F)c1)c1ccc(C(=O)Nc2cc(F)cc(F)c2)nc1. The zero-order chi connectivity index (χ0) is 20.3. The summed E-state index contributed by atoms with van der Waals surface area (Å²) in [5.74, 6) is -4.86. The van der Waals surface area contributed by atoms with Crippen molar-refractivity contribution in [2.24, 2.45) is 0 Å². The minimum Gasteiger partial charge on any atom is -0.322 e. The quantitative estimate of drug-likeness (QED) is 0.659. The number of benzene rings is 2. The van der Waals surface area contributed by atoms with Crippen LogP contribution >= 0.6 is 0 Å². The molecule has 0 saturated carbocycles. The van der Waals surface area contributed by atoms with Crippen LogP contribution < -0.4 is 10.6 Å². The summed E-state index contributed by atoms with van der Waals surface area (Å²) in [6.07, 6.45) is 1.08. The summed E-state index contributed by atoms with van der Waals surface area (Å²) in [6.45, 7) is 0. The number of aromatic nitrogens is 1. The first-order chi connectivity index (χ1) is 13.3. The Labute approximate surface area is 156 Å². The smallest absolute Gasteiger partial charge is 0.274 e. The number of pyridine rings is 1. The molecular formula is C19H11F4N3O2. The van der Waals surface area contributed by atoms with E-state index in [1.54, 1.807) is 0 Å². The number of anilines is 2. The number of nitrogens with one attached hydrogen (secondary N) is 2.